The predicted octanol–water partition coefficient (Wildman–Crippen LogP) is 5.33. The van der Waals surface area contributed by atoms with Crippen molar-refractivity contribution in [2.75, 3.05) is 18.4 Å². The van der Waals surface area contributed by atoms with Gasteiger partial charge in [0, 0.05) is 59.9 Å². The molecule has 1 saturated heterocycles. The van der Waals surface area contributed by atoms with Gasteiger partial charge in [0.15, 0.2) is 0 Å². The fourth-order valence-electron chi connectivity index (χ4n) is 4.97. The number of halogens is 1. The van der Waals surface area contributed by atoms with Crippen LogP contribution >= 0.6 is 11.6 Å². The number of aromatic nitrogens is 1. The molecule has 4 N–H and O–H groups in total. The quantitative estimate of drug-likeness (QED) is 0.248. The van der Waals surface area contributed by atoms with Crippen molar-refractivity contribution in [2.45, 2.75) is 37.9 Å². The Hall–Kier alpha value is -3.81. The van der Waals surface area contributed by atoms with Crippen LogP contribution in [0.4, 0.5) is 10.5 Å². The molecule has 1 atom stereocenters. The lowest BCUT2D eigenvalue weighted by molar-refractivity contribution is -0.123. The van der Waals surface area contributed by atoms with E-state index in [-0.39, 0.29) is 11.9 Å². The van der Waals surface area contributed by atoms with Gasteiger partial charge < -0.3 is 20.9 Å². The van der Waals surface area contributed by atoms with Crippen LogP contribution in [-0.4, -0.2) is 47.0 Å². The Labute approximate surface area is 227 Å². The van der Waals surface area contributed by atoms with Gasteiger partial charge in [-0.2, -0.15) is 0 Å². The predicted molar refractivity (Wildman–Crippen MR) is 152 cm³/mol. The van der Waals surface area contributed by atoms with Crippen molar-refractivity contribution in [3.63, 3.8) is 0 Å². The number of carbonyl (C=O) groups excluding carboxylic acids is 2. The van der Waals surface area contributed by atoms with Crippen molar-refractivity contribution in [1.82, 2.24) is 20.5 Å². The van der Waals surface area contributed by atoms with Gasteiger partial charge in [-0.15, -0.1) is 0 Å². The number of nitrogens with zero attached hydrogens (tertiary/aromatic N) is 1. The maximum Gasteiger partial charge on any atom is 0.319 e. The molecule has 196 valence electrons. The normalized spacial score (nSPS) is 15.2. The minimum Gasteiger partial charge on any atom is -0.361 e. The van der Waals surface area contributed by atoms with Crippen LogP contribution in [-0.2, 0) is 17.8 Å². The Morgan fingerprint density at radius 3 is 2.42 bits per heavy atom. The van der Waals surface area contributed by atoms with Gasteiger partial charge in [-0.3, -0.25) is 9.69 Å². The number of likely N-dealkylation sites (tertiary alicyclic amines) is 1. The first-order valence-electron chi connectivity index (χ1n) is 13.0. The molecule has 0 saturated carbocycles. The number of carbonyl (C=O) groups is 2. The number of nitrogens with one attached hydrogen (secondary N) is 4. The zero-order valence-electron chi connectivity index (χ0n) is 21.1. The molecule has 7 nitrogen and oxygen atoms in total. The van der Waals surface area contributed by atoms with E-state index in [1.807, 2.05) is 36.5 Å². The summed E-state index contributed by atoms with van der Waals surface area (Å²) in [5.74, 6) is -0.178. The van der Waals surface area contributed by atoms with E-state index < -0.39 is 12.1 Å². The Balaban J connectivity index is 1.23. The third kappa shape index (κ3) is 6.73. The SMILES string of the molecule is O=C(Nc1ccc(Cl)cc1)NC(Cc1c[nH]c2ccccc12)C(=O)NC1CCN(Cc2ccccc2)CC1. The molecule has 0 bridgehead atoms. The standard InChI is InChI=1S/C30H32ClN5O2/c31-23-10-12-24(13-11-23)34-30(38)35-28(18-22-19-32-27-9-5-4-8-26(22)27)29(37)33-25-14-16-36(17-15-25)20-21-6-2-1-3-7-21/h1-13,19,25,28,32H,14-18,20H2,(H,33,37)(H2,34,35,38). The number of benzene rings is 3. The molecule has 3 aromatic carbocycles. The summed E-state index contributed by atoms with van der Waals surface area (Å²) < 4.78 is 0. The van der Waals surface area contributed by atoms with Gasteiger partial charge in [-0.25, -0.2) is 4.79 Å². The number of aromatic amines is 1. The number of fused-ring (bicyclic) bond motifs is 1. The molecule has 3 amide bonds. The zero-order valence-corrected chi connectivity index (χ0v) is 21.9. The number of piperidine rings is 1. The Morgan fingerprint density at radius 2 is 1.66 bits per heavy atom. The Bertz CT molecular complexity index is 1360. The molecule has 8 heteroatoms. The highest BCUT2D eigenvalue weighted by Crippen LogP contribution is 2.20. The van der Waals surface area contributed by atoms with E-state index in [0.717, 1.165) is 48.9 Å². The summed E-state index contributed by atoms with van der Waals surface area (Å²) >= 11 is 5.96. The first-order valence-corrected chi connectivity index (χ1v) is 13.4. The molecule has 0 aliphatic carbocycles. The molecule has 1 aliphatic heterocycles. The van der Waals surface area contributed by atoms with E-state index in [1.54, 1.807) is 24.3 Å². The summed E-state index contributed by atoms with van der Waals surface area (Å²) in [7, 11) is 0. The van der Waals surface area contributed by atoms with Gasteiger partial charge in [-0.05, 0) is 54.3 Å². The average Bonchev–Trinajstić information content (AvgIpc) is 3.34. The number of amides is 3. The molecule has 38 heavy (non-hydrogen) atoms. The number of H-pyrrole nitrogens is 1. The van der Waals surface area contributed by atoms with Crippen molar-refractivity contribution in [1.29, 1.82) is 0 Å². The van der Waals surface area contributed by atoms with Crippen molar-refractivity contribution < 1.29 is 9.59 Å². The summed E-state index contributed by atoms with van der Waals surface area (Å²) in [5, 5.41) is 10.5. The summed E-state index contributed by atoms with van der Waals surface area (Å²) in [6.45, 7) is 2.74. The third-order valence-corrected chi connectivity index (χ3v) is 7.26. The Morgan fingerprint density at radius 1 is 0.947 bits per heavy atom. The van der Waals surface area contributed by atoms with E-state index in [1.165, 1.54) is 5.56 Å². The monoisotopic (exact) mass is 529 g/mol. The van der Waals surface area contributed by atoms with Gasteiger partial charge >= 0.3 is 6.03 Å². The van der Waals surface area contributed by atoms with Crippen molar-refractivity contribution in [2.24, 2.45) is 0 Å². The van der Waals surface area contributed by atoms with E-state index in [2.05, 4.69) is 50.1 Å². The van der Waals surface area contributed by atoms with Crippen LogP contribution in [0.3, 0.4) is 0 Å². The lowest BCUT2D eigenvalue weighted by atomic mass is 10.0. The number of rotatable bonds is 8. The molecule has 1 aromatic heterocycles. The van der Waals surface area contributed by atoms with Crippen LogP contribution in [0.25, 0.3) is 10.9 Å². The number of anilines is 1. The number of hydrogen-bond acceptors (Lipinski definition) is 3. The van der Waals surface area contributed by atoms with E-state index in [4.69, 9.17) is 11.6 Å². The van der Waals surface area contributed by atoms with Crippen LogP contribution in [0.2, 0.25) is 5.02 Å². The molecule has 2 heterocycles. The van der Waals surface area contributed by atoms with Crippen LogP contribution in [0.1, 0.15) is 24.0 Å². The maximum atomic E-state index is 13.5. The topological polar surface area (TPSA) is 89.3 Å². The number of urea groups is 1. The van der Waals surface area contributed by atoms with Gasteiger partial charge in [0.2, 0.25) is 5.91 Å². The second-order valence-corrected chi connectivity index (χ2v) is 10.2. The number of hydrogen-bond donors (Lipinski definition) is 4. The van der Waals surface area contributed by atoms with Gasteiger partial charge in [-0.1, -0.05) is 60.1 Å². The van der Waals surface area contributed by atoms with E-state index >= 15 is 0 Å². The minimum absolute atomic E-state index is 0.0705. The summed E-state index contributed by atoms with van der Waals surface area (Å²) in [6, 6.07) is 24.1. The first-order chi connectivity index (χ1) is 18.5. The Kier molecular flexibility index (Phi) is 8.26. The molecule has 4 aromatic rings. The molecule has 5 rings (SSSR count). The van der Waals surface area contributed by atoms with E-state index in [0.29, 0.717) is 17.1 Å². The minimum atomic E-state index is -0.733. The fourth-order valence-corrected chi connectivity index (χ4v) is 5.09. The highest BCUT2D eigenvalue weighted by molar-refractivity contribution is 6.30. The van der Waals surface area contributed by atoms with E-state index in [9.17, 15) is 9.59 Å². The van der Waals surface area contributed by atoms with Crippen molar-refractivity contribution in [3.8, 4) is 0 Å². The van der Waals surface area contributed by atoms with Crippen LogP contribution in [0, 0.1) is 0 Å². The van der Waals surface area contributed by atoms with Crippen molar-refractivity contribution in [3.05, 3.63) is 101 Å². The molecular formula is C30H32ClN5O2. The lowest BCUT2D eigenvalue weighted by Crippen LogP contribution is -2.53. The molecule has 1 fully saturated rings. The summed E-state index contributed by atoms with van der Waals surface area (Å²) in [4.78, 5) is 32.0. The second kappa shape index (κ2) is 12.2. The third-order valence-electron chi connectivity index (χ3n) is 7.01. The first kappa shape index (κ1) is 25.8. The highest BCUT2D eigenvalue weighted by Gasteiger charge is 2.27. The summed E-state index contributed by atoms with van der Waals surface area (Å²) in [6.07, 6.45) is 4.02. The zero-order chi connectivity index (χ0) is 26.3. The smallest absolute Gasteiger partial charge is 0.319 e. The molecule has 1 aliphatic rings. The lowest BCUT2D eigenvalue weighted by Gasteiger charge is -2.33. The average molecular weight is 530 g/mol. The van der Waals surface area contributed by atoms with Crippen LogP contribution in [0.5, 0.6) is 0 Å². The van der Waals surface area contributed by atoms with Crippen molar-refractivity contribution >= 4 is 40.1 Å². The second-order valence-electron chi connectivity index (χ2n) is 9.77. The maximum absolute atomic E-state index is 13.5. The number of para-hydroxylation sites is 1. The fraction of sp³-hybridized carbons (Fsp3) is 0.267. The van der Waals surface area contributed by atoms with Gasteiger partial charge in [0.05, 0.1) is 0 Å². The molecule has 0 spiro atoms. The van der Waals surface area contributed by atoms with Crippen LogP contribution < -0.4 is 16.0 Å². The van der Waals surface area contributed by atoms with Crippen LogP contribution in [0.15, 0.2) is 85.1 Å². The van der Waals surface area contributed by atoms with Gasteiger partial charge in [0.1, 0.15) is 6.04 Å². The largest absolute Gasteiger partial charge is 0.361 e. The molecular weight excluding hydrogens is 498 g/mol. The summed E-state index contributed by atoms with van der Waals surface area (Å²) in [5.41, 5.74) is 3.87. The molecule has 1 unspecified atom stereocenters. The molecule has 0 radical (unpaired) electrons. The highest BCUT2D eigenvalue weighted by atomic mass is 35.5. The van der Waals surface area contributed by atoms with Gasteiger partial charge in [0.25, 0.3) is 0 Å².